The van der Waals surface area contributed by atoms with Crippen molar-refractivity contribution < 1.29 is 19.4 Å². The Kier molecular flexibility index (Phi) is 4.72. The Bertz CT molecular complexity index is 383. The highest BCUT2D eigenvalue weighted by atomic mass is 16.6. The summed E-state index contributed by atoms with van der Waals surface area (Å²) in [4.78, 5) is 10.8. The van der Waals surface area contributed by atoms with Crippen LogP contribution >= 0.6 is 0 Å². The molecule has 0 amide bonds. The highest BCUT2D eigenvalue weighted by molar-refractivity contribution is 5.66. The van der Waals surface area contributed by atoms with Crippen LogP contribution in [0, 0.1) is 0 Å². The number of hydrogen-bond acceptors (Lipinski definition) is 4. The van der Waals surface area contributed by atoms with Gasteiger partial charge in [-0.1, -0.05) is 18.7 Å². The number of carbonyl (C=O) groups is 1. The zero-order valence-corrected chi connectivity index (χ0v) is 9.92. The van der Waals surface area contributed by atoms with Crippen molar-refractivity contribution in [3.63, 3.8) is 0 Å². The zero-order valence-electron chi connectivity index (χ0n) is 9.92. The van der Waals surface area contributed by atoms with Gasteiger partial charge in [-0.25, -0.2) is 0 Å². The second-order valence-corrected chi connectivity index (χ2v) is 3.53. The maximum atomic E-state index is 10.8. The molecule has 0 bridgehead atoms. The third-order valence-corrected chi connectivity index (χ3v) is 2.30. The monoisotopic (exact) mass is 236 g/mol. The van der Waals surface area contributed by atoms with Crippen LogP contribution < -0.4 is 4.74 Å². The first-order valence-electron chi connectivity index (χ1n) is 5.20. The van der Waals surface area contributed by atoms with Gasteiger partial charge in [0.2, 0.25) is 0 Å². The molecule has 0 aliphatic carbocycles. The molecule has 2 unspecified atom stereocenters. The lowest BCUT2D eigenvalue weighted by Crippen LogP contribution is -2.22. The third-order valence-electron chi connectivity index (χ3n) is 2.30. The molecule has 0 aromatic heterocycles. The zero-order chi connectivity index (χ0) is 12.8. The molecule has 0 fully saturated rings. The first kappa shape index (κ1) is 13.3. The molecule has 2 atom stereocenters. The van der Waals surface area contributed by atoms with E-state index in [-0.39, 0.29) is 0 Å². The van der Waals surface area contributed by atoms with E-state index in [9.17, 15) is 9.90 Å². The first-order chi connectivity index (χ1) is 8.08. The maximum absolute atomic E-state index is 10.8. The van der Waals surface area contributed by atoms with Crippen LogP contribution in [0.4, 0.5) is 0 Å². The van der Waals surface area contributed by atoms with Gasteiger partial charge in [-0.3, -0.25) is 4.79 Å². The highest BCUT2D eigenvalue weighted by Crippen LogP contribution is 2.22. The normalized spacial score (nSPS) is 13.6. The van der Waals surface area contributed by atoms with Crippen molar-refractivity contribution >= 4 is 5.97 Å². The van der Waals surface area contributed by atoms with Gasteiger partial charge >= 0.3 is 5.97 Å². The lowest BCUT2D eigenvalue weighted by molar-refractivity contribution is -0.149. The lowest BCUT2D eigenvalue weighted by Gasteiger charge is -2.19. The van der Waals surface area contributed by atoms with Crippen molar-refractivity contribution in [2.75, 3.05) is 7.11 Å². The molecule has 92 valence electrons. The fraction of sp³-hybridized carbons (Fsp3) is 0.308. The molecule has 17 heavy (non-hydrogen) atoms. The number of ether oxygens (including phenoxy) is 2. The number of aliphatic hydroxyl groups excluding tert-OH is 1. The Morgan fingerprint density at radius 3 is 2.41 bits per heavy atom. The topological polar surface area (TPSA) is 55.8 Å². The van der Waals surface area contributed by atoms with E-state index >= 15 is 0 Å². The molecular formula is C13H16O4. The van der Waals surface area contributed by atoms with Gasteiger partial charge in [-0.15, -0.1) is 0 Å². The fourth-order valence-corrected chi connectivity index (χ4v) is 1.42. The molecule has 4 heteroatoms. The number of hydrogen-bond donors (Lipinski definition) is 1. The van der Waals surface area contributed by atoms with E-state index in [2.05, 4.69) is 6.58 Å². The minimum absolute atomic E-state index is 0.456. The molecule has 0 aliphatic rings. The molecule has 0 aliphatic heterocycles. The molecule has 1 rings (SSSR count). The summed E-state index contributed by atoms with van der Waals surface area (Å²) in [5.74, 6) is 0.242. The number of benzene rings is 1. The average molecular weight is 236 g/mol. The quantitative estimate of drug-likeness (QED) is 0.626. The molecular weight excluding hydrogens is 220 g/mol. The van der Waals surface area contributed by atoms with Gasteiger partial charge in [0.05, 0.1) is 7.11 Å². The van der Waals surface area contributed by atoms with Crippen LogP contribution in [-0.4, -0.2) is 24.3 Å². The molecule has 0 saturated carbocycles. The smallest absolute Gasteiger partial charge is 0.303 e. The van der Waals surface area contributed by atoms with Crippen LogP contribution in [-0.2, 0) is 9.53 Å². The minimum atomic E-state index is -0.928. The summed E-state index contributed by atoms with van der Waals surface area (Å²) in [5, 5.41) is 10.0. The molecule has 1 aromatic carbocycles. The minimum Gasteiger partial charge on any atom is -0.497 e. The van der Waals surface area contributed by atoms with Crippen LogP contribution in [0.5, 0.6) is 5.75 Å². The third kappa shape index (κ3) is 3.60. The van der Waals surface area contributed by atoms with E-state index in [1.54, 1.807) is 31.4 Å². The molecule has 0 heterocycles. The SMILES string of the molecule is C=CC(OC(C)=O)C(O)c1ccc(OC)cc1. The molecule has 4 nitrogen and oxygen atoms in total. The predicted molar refractivity (Wildman–Crippen MR) is 63.7 cm³/mol. The standard InChI is InChI=1S/C13H16O4/c1-4-12(17-9(2)14)13(15)10-5-7-11(16-3)8-6-10/h4-8,12-13,15H,1H2,2-3H3. The highest BCUT2D eigenvalue weighted by Gasteiger charge is 2.20. The second-order valence-electron chi connectivity index (χ2n) is 3.53. The van der Waals surface area contributed by atoms with Crippen molar-refractivity contribution in [1.82, 2.24) is 0 Å². The van der Waals surface area contributed by atoms with Gasteiger partial charge in [-0.2, -0.15) is 0 Å². The van der Waals surface area contributed by atoms with E-state index in [0.29, 0.717) is 11.3 Å². The Hall–Kier alpha value is -1.81. The Balaban J connectivity index is 2.81. The maximum Gasteiger partial charge on any atom is 0.303 e. The van der Waals surface area contributed by atoms with Gasteiger partial charge in [-0.05, 0) is 23.8 Å². The van der Waals surface area contributed by atoms with Crippen molar-refractivity contribution in [1.29, 1.82) is 0 Å². The van der Waals surface area contributed by atoms with Crippen LogP contribution in [0.3, 0.4) is 0 Å². The summed E-state index contributed by atoms with van der Waals surface area (Å²) in [6.45, 7) is 4.82. The summed E-state index contributed by atoms with van der Waals surface area (Å²) in [6, 6.07) is 6.88. The van der Waals surface area contributed by atoms with Gasteiger partial charge in [0.1, 0.15) is 18.0 Å². The summed E-state index contributed by atoms with van der Waals surface area (Å²) >= 11 is 0. The number of rotatable bonds is 5. The molecule has 0 radical (unpaired) electrons. The predicted octanol–water partition coefficient (Wildman–Crippen LogP) is 1.85. The van der Waals surface area contributed by atoms with Gasteiger partial charge in [0.15, 0.2) is 0 Å². The summed E-state index contributed by atoms with van der Waals surface area (Å²) in [6.07, 6.45) is -0.278. The lowest BCUT2D eigenvalue weighted by atomic mass is 10.0. The van der Waals surface area contributed by atoms with Crippen molar-refractivity contribution in [2.45, 2.75) is 19.1 Å². The van der Waals surface area contributed by atoms with Crippen LogP contribution in [0.1, 0.15) is 18.6 Å². The number of methoxy groups -OCH3 is 1. The Morgan fingerprint density at radius 1 is 1.41 bits per heavy atom. The van der Waals surface area contributed by atoms with Gasteiger partial charge in [0, 0.05) is 6.92 Å². The number of esters is 1. The van der Waals surface area contributed by atoms with E-state index in [1.165, 1.54) is 13.0 Å². The summed E-state index contributed by atoms with van der Waals surface area (Å²) in [7, 11) is 1.57. The first-order valence-corrected chi connectivity index (χ1v) is 5.20. The van der Waals surface area contributed by atoms with Crippen molar-refractivity contribution in [3.8, 4) is 5.75 Å². The Morgan fingerprint density at radius 2 is 2.00 bits per heavy atom. The number of carbonyl (C=O) groups excluding carboxylic acids is 1. The van der Waals surface area contributed by atoms with Crippen LogP contribution in [0.2, 0.25) is 0 Å². The largest absolute Gasteiger partial charge is 0.497 e. The molecule has 1 N–H and O–H groups in total. The van der Waals surface area contributed by atoms with Crippen molar-refractivity contribution in [2.24, 2.45) is 0 Å². The van der Waals surface area contributed by atoms with E-state index in [0.717, 1.165) is 0 Å². The molecule has 0 spiro atoms. The van der Waals surface area contributed by atoms with E-state index in [4.69, 9.17) is 9.47 Å². The fourth-order valence-electron chi connectivity index (χ4n) is 1.42. The van der Waals surface area contributed by atoms with Crippen molar-refractivity contribution in [3.05, 3.63) is 42.5 Å². The second kappa shape index (κ2) is 6.06. The summed E-state index contributed by atoms with van der Waals surface area (Å²) < 4.78 is 9.95. The van der Waals surface area contributed by atoms with E-state index < -0.39 is 18.2 Å². The van der Waals surface area contributed by atoms with E-state index in [1.807, 2.05) is 0 Å². The average Bonchev–Trinajstić information content (AvgIpc) is 2.35. The Labute approximate surface area is 100 Å². The molecule has 0 saturated heterocycles. The number of aliphatic hydroxyl groups is 1. The van der Waals surface area contributed by atoms with Crippen LogP contribution in [0.15, 0.2) is 36.9 Å². The summed E-state index contributed by atoms with van der Waals surface area (Å²) in [5.41, 5.74) is 0.636. The van der Waals surface area contributed by atoms with Gasteiger partial charge in [0.25, 0.3) is 0 Å². The molecule has 1 aromatic rings. The van der Waals surface area contributed by atoms with Gasteiger partial charge < -0.3 is 14.6 Å². The van der Waals surface area contributed by atoms with Crippen LogP contribution in [0.25, 0.3) is 0 Å².